The van der Waals surface area contributed by atoms with E-state index in [0.717, 1.165) is 16.2 Å². The maximum Gasteiger partial charge on any atom is 0.325 e. The molecule has 1 aliphatic rings. The molecule has 1 aromatic carbocycles. The lowest BCUT2D eigenvalue weighted by molar-refractivity contribution is -0.134. The van der Waals surface area contributed by atoms with E-state index in [1.54, 1.807) is 14.0 Å². The van der Waals surface area contributed by atoms with E-state index in [1.165, 1.54) is 7.05 Å². The van der Waals surface area contributed by atoms with E-state index < -0.39 is 11.6 Å². The first-order chi connectivity index (χ1) is 10.9. The Balaban J connectivity index is 2.02. The first kappa shape index (κ1) is 16.8. The minimum absolute atomic E-state index is 0.265. The van der Waals surface area contributed by atoms with E-state index in [1.807, 2.05) is 24.3 Å². The molecule has 4 amide bonds. The zero-order chi connectivity index (χ0) is 17.0. The number of benzene rings is 1. The second-order valence-electron chi connectivity index (χ2n) is 5.67. The number of nitrogens with zero attached hydrogens (tertiary/aromatic N) is 1. The van der Waals surface area contributed by atoms with Gasteiger partial charge in [-0.2, -0.15) is 0 Å². The number of urea groups is 1. The van der Waals surface area contributed by atoms with E-state index in [-0.39, 0.29) is 18.4 Å². The third-order valence-electron chi connectivity index (χ3n) is 4.00. The largest absolute Gasteiger partial charge is 0.497 e. The van der Waals surface area contributed by atoms with Gasteiger partial charge in [0.2, 0.25) is 5.91 Å². The molecule has 124 valence electrons. The van der Waals surface area contributed by atoms with Crippen LogP contribution < -0.4 is 15.4 Å². The number of imide groups is 1. The number of carbonyl (C=O) groups is 3. The van der Waals surface area contributed by atoms with Gasteiger partial charge in [0, 0.05) is 7.05 Å². The molecule has 0 saturated carbocycles. The van der Waals surface area contributed by atoms with Crippen molar-refractivity contribution in [2.75, 3.05) is 20.7 Å². The number of carbonyl (C=O) groups excluding carboxylic acids is 3. The van der Waals surface area contributed by atoms with Crippen LogP contribution in [0.5, 0.6) is 5.75 Å². The molecular formula is C16H21N3O4. The number of hydrogen-bond donors (Lipinski definition) is 2. The first-order valence-electron chi connectivity index (χ1n) is 7.37. The highest BCUT2D eigenvalue weighted by molar-refractivity contribution is 6.08. The number of likely N-dealkylation sites (N-methyl/N-ethyl adjacent to an activating group) is 1. The van der Waals surface area contributed by atoms with Gasteiger partial charge in [0.15, 0.2) is 0 Å². The molecule has 23 heavy (non-hydrogen) atoms. The molecule has 1 fully saturated rings. The lowest BCUT2D eigenvalue weighted by Gasteiger charge is -2.21. The number of ether oxygens (including phenoxy) is 1. The number of aryl methyl sites for hydroxylation is 1. The van der Waals surface area contributed by atoms with Crippen molar-refractivity contribution in [1.29, 1.82) is 0 Å². The fraction of sp³-hybridized carbons (Fsp3) is 0.438. The van der Waals surface area contributed by atoms with Crippen LogP contribution in [0.1, 0.15) is 18.9 Å². The molecule has 1 aliphatic heterocycles. The Hall–Kier alpha value is -2.57. The number of amides is 4. The van der Waals surface area contributed by atoms with Crippen molar-refractivity contribution in [3.8, 4) is 5.75 Å². The molecule has 0 spiro atoms. The number of nitrogens with one attached hydrogen (secondary N) is 2. The summed E-state index contributed by atoms with van der Waals surface area (Å²) in [5, 5.41) is 5.09. The average Bonchev–Trinajstić information content (AvgIpc) is 2.77. The maximum absolute atomic E-state index is 12.5. The fourth-order valence-corrected chi connectivity index (χ4v) is 2.47. The van der Waals surface area contributed by atoms with Crippen LogP contribution in [0.2, 0.25) is 0 Å². The summed E-state index contributed by atoms with van der Waals surface area (Å²) in [6.45, 7) is 1.42. The molecule has 0 bridgehead atoms. The van der Waals surface area contributed by atoms with E-state index in [2.05, 4.69) is 10.6 Å². The molecule has 1 atom stereocenters. The van der Waals surface area contributed by atoms with E-state index in [4.69, 9.17) is 4.74 Å². The van der Waals surface area contributed by atoms with Crippen molar-refractivity contribution in [3.63, 3.8) is 0 Å². The van der Waals surface area contributed by atoms with Gasteiger partial charge in [-0.05, 0) is 37.5 Å². The third-order valence-corrected chi connectivity index (χ3v) is 4.00. The van der Waals surface area contributed by atoms with Crippen LogP contribution in [0, 0.1) is 0 Å². The molecule has 2 rings (SSSR count). The molecule has 1 saturated heterocycles. The second-order valence-corrected chi connectivity index (χ2v) is 5.67. The Morgan fingerprint density at radius 2 is 1.96 bits per heavy atom. The van der Waals surface area contributed by atoms with Gasteiger partial charge in [-0.15, -0.1) is 0 Å². The first-order valence-corrected chi connectivity index (χ1v) is 7.37. The Labute approximate surface area is 135 Å². The third kappa shape index (κ3) is 3.61. The van der Waals surface area contributed by atoms with E-state index >= 15 is 0 Å². The van der Waals surface area contributed by atoms with E-state index in [9.17, 15) is 14.4 Å². The number of rotatable bonds is 6. The Kier molecular flexibility index (Phi) is 4.88. The monoisotopic (exact) mass is 319 g/mol. The molecule has 0 aliphatic carbocycles. The van der Waals surface area contributed by atoms with Crippen LogP contribution in [0.4, 0.5) is 4.79 Å². The Morgan fingerprint density at radius 3 is 2.52 bits per heavy atom. The molecule has 7 heteroatoms. The summed E-state index contributed by atoms with van der Waals surface area (Å²) in [5.74, 6) is 0.00877. The topological polar surface area (TPSA) is 87.7 Å². The van der Waals surface area contributed by atoms with Crippen LogP contribution in [0.3, 0.4) is 0 Å². The minimum atomic E-state index is -0.995. The summed E-state index contributed by atoms with van der Waals surface area (Å²) in [6, 6.07) is 7.02. The molecule has 0 aromatic heterocycles. The highest BCUT2D eigenvalue weighted by Crippen LogP contribution is 2.23. The normalized spacial score (nSPS) is 20.4. The predicted molar refractivity (Wildman–Crippen MR) is 84.0 cm³/mol. The quantitative estimate of drug-likeness (QED) is 0.755. The fourth-order valence-electron chi connectivity index (χ4n) is 2.47. The predicted octanol–water partition coefficient (Wildman–Crippen LogP) is 0.684. The van der Waals surface area contributed by atoms with Crippen LogP contribution >= 0.6 is 0 Å². The summed E-state index contributed by atoms with van der Waals surface area (Å²) in [4.78, 5) is 36.8. The van der Waals surface area contributed by atoms with Crippen molar-refractivity contribution in [2.24, 2.45) is 0 Å². The Morgan fingerprint density at radius 1 is 1.30 bits per heavy atom. The number of hydrogen-bond acceptors (Lipinski definition) is 4. The molecule has 1 aromatic rings. The molecule has 1 heterocycles. The zero-order valence-electron chi connectivity index (χ0n) is 13.5. The molecule has 2 N–H and O–H groups in total. The van der Waals surface area contributed by atoms with E-state index in [0.29, 0.717) is 12.8 Å². The zero-order valence-corrected chi connectivity index (χ0v) is 13.5. The van der Waals surface area contributed by atoms with Crippen molar-refractivity contribution < 1.29 is 19.1 Å². The average molecular weight is 319 g/mol. The summed E-state index contributed by atoms with van der Waals surface area (Å²) in [5.41, 5.74) is 0.0456. The van der Waals surface area contributed by atoms with Gasteiger partial charge in [0.25, 0.3) is 5.91 Å². The molecule has 0 unspecified atom stereocenters. The van der Waals surface area contributed by atoms with Crippen LogP contribution in [-0.2, 0) is 16.0 Å². The lowest BCUT2D eigenvalue weighted by atomic mass is 9.93. The smallest absolute Gasteiger partial charge is 0.325 e. The van der Waals surface area contributed by atoms with Gasteiger partial charge < -0.3 is 15.4 Å². The van der Waals surface area contributed by atoms with Crippen molar-refractivity contribution in [1.82, 2.24) is 15.5 Å². The standard InChI is InChI=1S/C16H21N3O4/c1-16(9-8-11-4-6-12(23-3)7-5-11)14(21)19(15(22)18-16)10-13(20)17-2/h4-7H,8-10H2,1-3H3,(H,17,20)(H,18,22)/t16-/m0/s1. The molecule has 7 nitrogen and oxygen atoms in total. The maximum atomic E-state index is 12.5. The van der Waals surface area contributed by atoms with Gasteiger partial charge >= 0.3 is 6.03 Å². The van der Waals surface area contributed by atoms with Gasteiger partial charge in [0.1, 0.15) is 17.8 Å². The summed E-state index contributed by atoms with van der Waals surface area (Å²) in [6.07, 6.45) is 1.08. The lowest BCUT2D eigenvalue weighted by Crippen LogP contribution is -2.45. The van der Waals surface area contributed by atoms with Crippen molar-refractivity contribution in [2.45, 2.75) is 25.3 Å². The van der Waals surface area contributed by atoms with Crippen LogP contribution in [0.25, 0.3) is 0 Å². The van der Waals surface area contributed by atoms with Gasteiger partial charge in [-0.1, -0.05) is 12.1 Å². The SMILES string of the molecule is CNC(=O)CN1C(=O)N[C@@](C)(CCc2ccc(OC)cc2)C1=O. The van der Waals surface area contributed by atoms with Crippen molar-refractivity contribution >= 4 is 17.8 Å². The summed E-state index contributed by atoms with van der Waals surface area (Å²) >= 11 is 0. The second kappa shape index (κ2) is 6.68. The van der Waals surface area contributed by atoms with Crippen LogP contribution in [0.15, 0.2) is 24.3 Å². The van der Waals surface area contributed by atoms with Gasteiger partial charge in [-0.25, -0.2) is 4.79 Å². The van der Waals surface area contributed by atoms with Gasteiger partial charge in [0.05, 0.1) is 7.11 Å². The number of methoxy groups -OCH3 is 1. The summed E-state index contributed by atoms with van der Waals surface area (Å²) < 4.78 is 5.10. The molecule has 0 radical (unpaired) electrons. The highest BCUT2D eigenvalue weighted by atomic mass is 16.5. The summed E-state index contributed by atoms with van der Waals surface area (Å²) in [7, 11) is 3.06. The van der Waals surface area contributed by atoms with Gasteiger partial charge in [-0.3, -0.25) is 14.5 Å². The minimum Gasteiger partial charge on any atom is -0.497 e. The van der Waals surface area contributed by atoms with Crippen molar-refractivity contribution in [3.05, 3.63) is 29.8 Å². The highest BCUT2D eigenvalue weighted by Gasteiger charge is 2.47. The Bertz CT molecular complexity index is 614. The van der Waals surface area contributed by atoms with Crippen LogP contribution in [-0.4, -0.2) is 49.0 Å². The molecular weight excluding hydrogens is 298 g/mol.